The minimum atomic E-state index is 0.507. The molecule has 134 valence electrons. The van der Waals surface area contributed by atoms with Crippen LogP contribution in [0.25, 0.3) is 0 Å². The Morgan fingerprint density at radius 2 is 1.09 bits per heavy atom. The maximum absolute atomic E-state index is 11.3. The summed E-state index contributed by atoms with van der Waals surface area (Å²) in [4.78, 5) is 11.3. The number of carbonyl (C=O) groups is 1. The van der Waals surface area contributed by atoms with Crippen molar-refractivity contribution in [3.05, 3.63) is 0 Å². The quantitative estimate of drug-likeness (QED) is 0.393. The predicted molar refractivity (Wildman–Crippen MR) is 99.6 cm³/mol. The molecule has 0 radical (unpaired) electrons. The molecule has 2 saturated carbocycles. The van der Waals surface area contributed by atoms with E-state index in [-0.39, 0.29) is 0 Å². The summed E-state index contributed by atoms with van der Waals surface area (Å²) >= 11 is 0. The van der Waals surface area contributed by atoms with Gasteiger partial charge in [-0.3, -0.25) is 4.79 Å². The second-order valence-corrected chi connectivity index (χ2v) is 8.50. The molecule has 2 fully saturated rings. The summed E-state index contributed by atoms with van der Waals surface area (Å²) in [5.41, 5.74) is 0. The molecule has 0 aromatic heterocycles. The zero-order valence-corrected chi connectivity index (χ0v) is 15.7. The van der Waals surface area contributed by atoms with Crippen LogP contribution in [0.3, 0.4) is 0 Å². The monoisotopic (exact) mass is 320 g/mol. The summed E-state index contributed by atoms with van der Waals surface area (Å²) in [6, 6.07) is 0. The van der Waals surface area contributed by atoms with E-state index < -0.39 is 0 Å². The van der Waals surface area contributed by atoms with Gasteiger partial charge in [0.1, 0.15) is 5.78 Å². The third kappa shape index (κ3) is 7.86. The third-order valence-electron chi connectivity index (χ3n) is 6.57. The lowest BCUT2D eigenvalue weighted by Crippen LogP contribution is -2.15. The van der Waals surface area contributed by atoms with E-state index in [1.165, 1.54) is 96.3 Å². The molecule has 1 nitrogen and oxygen atoms in total. The minimum absolute atomic E-state index is 0.507. The van der Waals surface area contributed by atoms with E-state index in [0.717, 1.165) is 30.6 Å². The Kier molecular flexibility index (Phi) is 9.31. The molecule has 0 saturated heterocycles. The van der Waals surface area contributed by atoms with Crippen molar-refractivity contribution in [3.63, 3.8) is 0 Å². The average Bonchev–Trinajstić information content (AvgIpc) is 2.58. The summed E-state index contributed by atoms with van der Waals surface area (Å²) in [6.45, 7) is 2.30. The Morgan fingerprint density at radius 1 is 0.652 bits per heavy atom. The molecule has 0 atom stereocenters. The average molecular weight is 321 g/mol. The first kappa shape index (κ1) is 19.0. The van der Waals surface area contributed by atoms with E-state index in [1.54, 1.807) is 0 Å². The maximum atomic E-state index is 11.3. The molecule has 0 amide bonds. The Hall–Kier alpha value is -0.330. The van der Waals surface area contributed by atoms with Crippen LogP contribution in [-0.4, -0.2) is 5.78 Å². The molecule has 0 aromatic carbocycles. The van der Waals surface area contributed by atoms with Crippen LogP contribution in [0.2, 0.25) is 0 Å². The molecule has 0 unspecified atom stereocenters. The fraction of sp³-hybridized carbons (Fsp3) is 0.955. The lowest BCUT2D eigenvalue weighted by atomic mass is 9.77. The van der Waals surface area contributed by atoms with Gasteiger partial charge in [0.25, 0.3) is 0 Å². The second kappa shape index (κ2) is 11.3. The summed E-state index contributed by atoms with van der Waals surface area (Å²) in [7, 11) is 0. The van der Waals surface area contributed by atoms with Crippen LogP contribution in [0.4, 0.5) is 0 Å². The highest BCUT2D eigenvalue weighted by Gasteiger charge is 2.21. The highest BCUT2D eigenvalue weighted by atomic mass is 16.1. The number of unbranched alkanes of at least 4 members (excludes halogenated alkanes) is 4. The first-order valence-electron chi connectivity index (χ1n) is 10.8. The number of ketones is 1. The van der Waals surface area contributed by atoms with Gasteiger partial charge in [-0.1, -0.05) is 90.4 Å². The molecular weight excluding hydrogens is 280 g/mol. The zero-order chi connectivity index (χ0) is 16.3. The van der Waals surface area contributed by atoms with Gasteiger partial charge in [0.2, 0.25) is 0 Å². The number of hydrogen-bond acceptors (Lipinski definition) is 1. The van der Waals surface area contributed by atoms with E-state index in [0.29, 0.717) is 5.78 Å². The molecule has 2 aliphatic rings. The maximum Gasteiger partial charge on any atom is 0.132 e. The van der Waals surface area contributed by atoms with Gasteiger partial charge in [-0.2, -0.15) is 0 Å². The van der Waals surface area contributed by atoms with E-state index >= 15 is 0 Å². The Balaban J connectivity index is 1.44. The van der Waals surface area contributed by atoms with Crippen molar-refractivity contribution < 1.29 is 4.79 Å². The SMILES string of the molecule is CCCCCCC1CCC(CCCCC2CCC(=O)CC2)CC1. The third-order valence-corrected chi connectivity index (χ3v) is 6.57. The van der Waals surface area contributed by atoms with Crippen molar-refractivity contribution >= 4 is 5.78 Å². The zero-order valence-electron chi connectivity index (χ0n) is 15.7. The lowest BCUT2D eigenvalue weighted by molar-refractivity contribution is -0.121. The molecule has 0 spiro atoms. The molecular formula is C22H40O. The van der Waals surface area contributed by atoms with Crippen molar-refractivity contribution in [1.29, 1.82) is 0 Å². The number of hydrogen-bond donors (Lipinski definition) is 0. The second-order valence-electron chi connectivity index (χ2n) is 8.50. The van der Waals surface area contributed by atoms with E-state index in [1.807, 2.05) is 0 Å². The summed E-state index contributed by atoms with van der Waals surface area (Å²) in [6.07, 6.45) is 23.1. The highest BCUT2D eigenvalue weighted by Crippen LogP contribution is 2.35. The van der Waals surface area contributed by atoms with Crippen molar-refractivity contribution in [3.8, 4) is 0 Å². The Bertz CT molecular complexity index is 304. The van der Waals surface area contributed by atoms with Crippen LogP contribution in [0.5, 0.6) is 0 Å². The molecule has 0 heterocycles. The van der Waals surface area contributed by atoms with Gasteiger partial charge in [0, 0.05) is 12.8 Å². The molecule has 1 heteroatoms. The van der Waals surface area contributed by atoms with Crippen molar-refractivity contribution in [1.82, 2.24) is 0 Å². The first-order chi connectivity index (χ1) is 11.3. The van der Waals surface area contributed by atoms with Crippen molar-refractivity contribution in [2.24, 2.45) is 17.8 Å². The number of rotatable bonds is 10. The highest BCUT2D eigenvalue weighted by molar-refractivity contribution is 5.78. The smallest absolute Gasteiger partial charge is 0.132 e. The van der Waals surface area contributed by atoms with Gasteiger partial charge < -0.3 is 0 Å². The van der Waals surface area contributed by atoms with Crippen LogP contribution >= 0.6 is 0 Å². The van der Waals surface area contributed by atoms with Crippen molar-refractivity contribution in [2.45, 2.75) is 116 Å². The van der Waals surface area contributed by atoms with Gasteiger partial charge in [0.05, 0.1) is 0 Å². The Morgan fingerprint density at radius 3 is 1.57 bits per heavy atom. The van der Waals surface area contributed by atoms with Gasteiger partial charge in [-0.25, -0.2) is 0 Å². The standard InChI is InChI=1S/C22H40O/c1-2-3-4-5-8-19-11-13-20(14-12-19)9-6-7-10-21-15-17-22(23)18-16-21/h19-21H,2-18H2,1H3. The van der Waals surface area contributed by atoms with Crippen LogP contribution in [0.15, 0.2) is 0 Å². The molecule has 0 aliphatic heterocycles. The lowest BCUT2D eigenvalue weighted by Gasteiger charge is -2.29. The predicted octanol–water partition coefficient (Wildman–Crippen LogP) is 7.08. The van der Waals surface area contributed by atoms with E-state index in [9.17, 15) is 4.79 Å². The fourth-order valence-corrected chi connectivity index (χ4v) is 4.82. The normalized spacial score (nSPS) is 26.6. The summed E-state index contributed by atoms with van der Waals surface area (Å²) in [5, 5.41) is 0. The molecule has 0 bridgehead atoms. The summed E-state index contributed by atoms with van der Waals surface area (Å²) in [5.74, 6) is 3.47. The summed E-state index contributed by atoms with van der Waals surface area (Å²) < 4.78 is 0. The Labute approximate surface area is 145 Å². The largest absolute Gasteiger partial charge is 0.300 e. The van der Waals surface area contributed by atoms with E-state index in [4.69, 9.17) is 0 Å². The van der Waals surface area contributed by atoms with Crippen LogP contribution in [0.1, 0.15) is 116 Å². The molecule has 0 N–H and O–H groups in total. The first-order valence-corrected chi connectivity index (χ1v) is 10.8. The van der Waals surface area contributed by atoms with Gasteiger partial charge >= 0.3 is 0 Å². The molecule has 0 aromatic rings. The van der Waals surface area contributed by atoms with Crippen LogP contribution in [0, 0.1) is 17.8 Å². The fourth-order valence-electron chi connectivity index (χ4n) is 4.82. The number of carbonyl (C=O) groups excluding carboxylic acids is 1. The molecule has 2 aliphatic carbocycles. The van der Waals surface area contributed by atoms with Gasteiger partial charge in [-0.05, 0) is 30.6 Å². The van der Waals surface area contributed by atoms with Crippen LogP contribution < -0.4 is 0 Å². The van der Waals surface area contributed by atoms with Crippen LogP contribution in [-0.2, 0) is 4.79 Å². The van der Waals surface area contributed by atoms with Crippen molar-refractivity contribution in [2.75, 3.05) is 0 Å². The topological polar surface area (TPSA) is 17.1 Å². The van der Waals surface area contributed by atoms with Gasteiger partial charge in [-0.15, -0.1) is 0 Å². The van der Waals surface area contributed by atoms with E-state index in [2.05, 4.69) is 6.92 Å². The minimum Gasteiger partial charge on any atom is -0.300 e. The van der Waals surface area contributed by atoms with Gasteiger partial charge in [0.15, 0.2) is 0 Å². The molecule has 2 rings (SSSR count). The molecule has 23 heavy (non-hydrogen) atoms. The number of Topliss-reactive ketones (excluding diaryl/α,β-unsaturated/α-hetero) is 1.